The quantitative estimate of drug-likeness (QED) is 0.827. The van der Waals surface area contributed by atoms with Gasteiger partial charge in [-0.15, -0.1) is 0 Å². The van der Waals surface area contributed by atoms with E-state index in [-0.39, 0.29) is 0 Å². The molecule has 1 aliphatic heterocycles. The van der Waals surface area contributed by atoms with E-state index in [0.717, 1.165) is 5.56 Å². The highest BCUT2D eigenvalue weighted by Gasteiger charge is 2.48. The summed E-state index contributed by atoms with van der Waals surface area (Å²) in [7, 11) is 0. The Morgan fingerprint density at radius 2 is 1.96 bits per heavy atom. The summed E-state index contributed by atoms with van der Waals surface area (Å²) in [6.07, 6.45) is 0.284. The minimum Gasteiger partial charge on any atom is -0.494 e. The van der Waals surface area contributed by atoms with Gasteiger partial charge >= 0.3 is 12.1 Å². The van der Waals surface area contributed by atoms with E-state index in [1.54, 1.807) is 43.9 Å². The van der Waals surface area contributed by atoms with Gasteiger partial charge < -0.3 is 19.5 Å². The second-order valence-electron chi connectivity index (χ2n) is 7.98. The van der Waals surface area contributed by atoms with Crippen molar-refractivity contribution in [2.45, 2.75) is 51.6 Å². The fourth-order valence-corrected chi connectivity index (χ4v) is 3.64. The molecule has 1 saturated heterocycles. The van der Waals surface area contributed by atoms with Gasteiger partial charge in [-0.1, -0.05) is 12.1 Å². The number of rotatable bonds is 5. The zero-order chi connectivity index (χ0) is 20.9. The lowest BCUT2D eigenvalue weighted by atomic mass is 9.64. The van der Waals surface area contributed by atoms with Crippen molar-refractivity contribution in [3.8, 4) is 11.8 Å². The summed E-state index contributed by atoms with van der Waals surface area (Å²) in [6.45, 7) is 8.40. The van der Waals surface area contributed by atoms with E-state index in [0.29, 0.717) is 38.3 Å². The van der Waals surface area contributed by atoms with Gasteiger partial charge in [-0.2, -0.15) is 5.26 Å². The molecular weight excluding hydrogens is 360 g/mol. The minimum atomic E-state index is -1.22. The molecule has 28 heavy (non-hydrogen) atoms. The van der Waals surface area contributed by atoms with Crippen molar-refractivity contribution < 1.29 is 24.2 Å². The van der Waals surface area contributed by atoms with Gasteiger partial charge in [0, 0.05) is 18.5 Å². The molecule has 152 valence electrons. The number of amides is 1. The van der Waals surface area contributed by atoms with Gasteiger partial charge in [0.05, 0.1) is 12.7 Å². The number of carboxylic acids is 1. The number of carboxylic acid groups (broad SMARTS) is 1. The first kappa shape index (κ1) is 21.5. The van der Waals surface area contributed by atoms with Crippen LogP contribution in [0.3, 0.4) is 0 Å². The SMILES string of the molecule is CCOc1cccc(C2(C(C#N)C(=O)O)CCN(C(=O)OC(C)(C)C)CC2)c1. The fourth-order valence-electron chi connectivity index (χ4n) is 3.64. The van der Waals surface area contributed by atoms with E-state index >= 15 is 0 Å². The van der Waals surface area contributed by atoms with Crippen molar-refractivity contribution in [1.82, 2.24) is 4.90 Å². The van der Waals surface area contributed by atoms with Crippen LogP contribution in [0.4, 0.5) is 4.79 Å². The minimum absolute atomic E-state index is 0.319. The maximum Gasteiger partial charge on any atom is 0.410 e. The molecule has 0 aliphatic carbocycles. The van der Waals surface area contributed by atoms with E-state index in [4.69, 9.17) is 9.47 Å². The summed E-state index contributed by atoms with van der Waals surface area (Å²) in [5.41, 5.74) is -0.754. The van der Waals surface area contributed by atoms with Crippen molar-refractivity contribution in [3.63, 3.8) is 0 Å². The number of carbonyl (C=O) groups excluding carboxylic acids is 1. The molecule has 1 aliphatic rings. The van der Waals surface area contributed by atoms with Crippen LogP contribution in [0.1, 0.15) is 46.1 Å². The Bertz CT molecular complexity index is 755. The number of piperidine rings is 1. The second-order valence-corrected chi connectivity index (χ2v) is 7.98. The third-order valence-corrected chi connectivity index (χ3v) is 4.96. The Balaban J connectivity index is 2.34. The monoisotopic (exact) mass is 388 g/mol. The maximum atomic E-state index is 12.4. The number of nitriles is 1. The molecule has 1 aromatic rings. The Hall–Kier alpha value is -2.75. The third kappa shape index (κ3) is 4.75. The van der Waals surface area contributed by atoms with E-state index in [9.17, 15) is 20.0 Å². The molecule has 7 nitrogen and oxygen atoms in total. The van der Waals surface area contributed by atoms with E-state index < -0.39 is 29.0 Å². The van der Waals surface area contributed by atoms with Crippen LogP contribution in [-0.2, 0) is 14.9 Å². The fraction of sp³-hybridized carbons (Fsp3) is 0.571. The van der Waals surface area contributed by atoms with Crippen LogP contribution >= 0.6 is 0 Å². The molecule has 0 spiro atoms. The topological polar surface area (TPSA) is 99.9 Å². The van der Waals surface area contributed by atoms with Crippen molar-refractivity contribution in [1.29, 1.82) is 5.26 Å². The highest BCUT2D eigenvalue weighted by molar-refractivity contribution is 5.76. The van der Waals surface area contributed by atoms with E-state index in [2.05, 4.69) is 0 Å². The van der Waals surface area contributed by atoms with Gasteiger partial charge in [0.25, 0.3) is 0 Å². The summed E-state index contributed by atoms with van der Waals surface area (Å²) in [6, 6.07) is 9.22. The number of likely N-dealkylation sites (tertiary alicyclic amines) is 1. The lowest BCUT2D eigenvalue weighted by Gasteiger charge is -2.43. The second kappa shape index (κ2) is 8.51. The summed E-state index contributed by atoms with van der Waals surface area (Å²) < 4.78 is 11.0. The Labute approximate surface area is 165 Å². The molecular formula is C21H28N2O5. The molecule has 1 unspecified atom stereocenters. The number of ether oxygens (including phenoxy) is 2. The number of carbonyl (C=O) groups is 2. The lowest BCUT2D eigenvalue weighted by molar-refractivity contribution is -0.142. The molecule has 1 aromatic carbocycles. The molecule has 2 rings (SSSR count). The third-order valence-electron chi connectivity index (χ3n) is 4.96. The summed E-state index contributed by atoms with van der Waals surface area (Å²) >= 11 is 0. The molecule has 1 fully saturated rings. The van der Waals surface area contributed by atoms with Crippen LogP contribution in [0, 0.1) is 17.2 Å². The molecule has 0 aromatic heterocycles. The Morgan fingerprint density at radius 3 is 2.46 bits per heavy atom. The van der Waals surface area contributed by atoms with Crippen LogP contribution in [0.15, 0.2) is 24.3 Å². The van der Waals surface area contributed by atoms with E-state index in [1.165, 1.54) is 0 Å². The van der Waals surface area contributed by atoms with Gasteiger partial charge in [-0.05, 0) is 58.2 Å². The number of benzene rings is 1. The van der Waals surface area contributed by atoms with Crippen molar-refractivity contribution >= 4 is 12.1 Å². The standard InChI is InChI=1S/C21H28N2O5/c1-5-27-16-8-6-7-15(13-16)21(17(14-22)18(24)25)9-11-23(12-10-21)19(26)28-20(2,3)4/h6-8,13,17H,5,9-12H2,1-4H3,(H,24,25). The van der Waals surface area contributed by atoms with Crippen LogP contribution < -0.4 is 4.74 Å². The van der Waals surface area contributed by atoms with Gasteiger partial charge in [-0.25, -0.2) is 4.79 Å². The first-order chi connectivity index (χ1) is 13.1. The predicted molar refractivity (Wildman–Crippen MR) is 103 cm³/mol. The summed E-state index contributed by atoms with van der Waals surface area (Å²) in [4.78, 5) is 25.8. The van der Waals surface area contributed by atoms with E-state index in [1.807, 2.05) is 19.1 Å². The molecule has 1 N–H and O–H groups in total. The number of aliphatic carboxylic acids is 1. The number of nitrogens with zero attached hydrogens (tertiary/aromatic N) is 2. The average Bonchev–Trinajstić information content (AvgIpc) is 2.61. The van der Waals surface area contributed by atoms with Crippen molar-refractivity contribution in [2.24, 2.45) is 5.92 Å². The Kier molecular flexibility index (Phi) is 6.55. The smallest absolute Gasteiger partial charge is 0.410 e. The highest BCUT2D eigenvalue weighted by Crippen LogP contribution is 2.43. The summed E-state index contributed by atoms with van der Waals surface area (Å²) in [5, 5.41) is 19.3. The van der Waals surface area contributed by atoms with Gasteiger partial charge in [-0.3, -0.25) is 4.79 Å². The zero-order valence-electron chi connectivity index (χ0n) is 16.9. The van der Waals surface area contributed by atoms with Gasteiger partial charge in [0.1, 0.15) is 11.4 Å². The first-order valence-corrected chi connectivity index (χ1v) is 9.46. The molecule has 0 radical (unpaired) electrons. The summed E-state index contributed by atoms with van der Waals surface area (Å²) in [5.74, 6) is -1.74. The first-order valence-electron chi connectivity index (χ1n) is 9.46. The zero-order valence-corrected chi connectivity index (χ0v) is 16.9. The van der Waals surface area contributed by atoms with Crippen LogP contribution in [0.2, 0.25) is 0 Å². The number of hydrogen-bond acceptors (Lipinski definition) is 5. The largest absolute Gasteiger partial charge is 0.494 e. The van der Waals surface area contributed by atoms with Crippen LogP contribution in [0.5, 0.6) is 5.75 Å². The van der Waals surface area contributed by atoms with Crippen LogP contribution in [0.25, 0.3) is 0 Å². The molecule has 0 saturated carbocycles. The maximum absolute atomic E-state index is 12.4. The lowest BCUT2D eigenvalue weighted by Crippen LogP contribution is -2.51. The molecule has 7 heteroatoms. The Morgan fingerprint density at radius 1 is 1.32 bits per heavy atom. The highest BCUT2D eigenvalue weighted by atomic mass is 16.6. The van der Waals surface area contributed by atoms with Gasteiger partial charge in [0.15, 0.2) is 5.92 Å². The normalized spacial score (nSPS) is 17.3. The average molecular weight is 388 g/mol. The van der Waals surface area contributed by atoms with Crippen molar-refractivity contribution in [2.75, 3.05) is 19.7 Å². The predicted octanol–water partition coefficient (Wildman–Crippen LogP) is 3.58. The molecule has 1 atom stereocenters. The molecule has 1 amide bonds. The van der Waals surface area contributed by atoms with Crippen LogP contribution in [-0.4, -0.2) is 47.4 Å². The van der Waals surface area contributed by atoms with Gasteiger partial charge in [0.2, 0.25) is 0 Å². The van der Waals surface area contributed by atoms with Crippen molar-refractivity contribution in [3.05, 3.63) is 29.8 Å². The molecule has 0 bridgehead atoms. The number of hydrogen-bond donors (Lipinski definition) is 1. The molecule has 1 heterocycles.